The van der Waals surface area contributed by atoms with E-state index < -0.39 is 11.5 Å². The van der Waals surface area contributed by atoms with Gasteiger partial charge in [-0.25, -0.2) is 4.79 Å². The number of rotatable bonds is 6. The van der Waals surface area contributed by atoms with Crippen LogP contribution in [-0.2, 0) is 19.1 Å². The summed E-state index contributed by atoms with van der Waals surface area (Å²) in [5, 5.41) is 5.89. The van der Waals surface area contributed by atoms with E-state index in [1.165, 1.54) is 0 Å². The fourth-order valence-electron chi connectivity index (χ4n) is 6.24. The summed E-state index contributed by atoms with van der Waals surface area (Å²) in [6.45, 7) is 7.72. The van der Waals surface area contributed by atoms with Gasteiger partial charge in [0, 0.05) is 58.0 Å². The van der Waals surface area contributed by atoms with Gasteiger partial charge in [-0.3, -0.25) is 19.4 Å². The molecule has 3 heterocycles. The maximum absolute atomic E-state index is 12.9. The minimum atomic E-state index is -0.491. The second-order valence-corrected chi connectivity index (χ2v) is 12.4. The van der Waals surface area contributed by atoms with Gasteiger partial charge in [-0.05, 0) is 76.3 Å². The van der Waals surface area contributed by atoms with E-state index >= 15 is 0 Å². The van der Waals surface area contributed by atoms with E-state index in [1.54, 1.807) is 30.4 Å². The Hall–Kier alpha value is -3.17. The Morgan fingerprint density at radius 3 is 2.28 bits per heavy atom. The van der Waals surface area contributed by atoms with Gasteiger partial charge in [0.1, 0.15) is 5.60 Å². The number of carbonyl (C=O) groups is 4. The van der Waals surface area contributed by atoms with Gasteiger partial charge in [0.15, 0.2) is 0 Å². The van der Waals surface area contributed by atoms with Crippen molar-refractivity contribution in [3.8, 4) is 0 Å². The van der Waals surface area contributed by atoms with Gasteiger partial charge < -0.3 is 25.2 Å². The molecular formula is C29H43N5O5. The summed E-state index contributed by atoms with van der Waals surface area (Å²) >= 11 is 0. The summed E-state index contributed by atoms with van der Waals surface area (Å²) in [6.07, 6.45) is 8.84. The summed E-state index contributed by atoms with van der Waals surface area (Å²) in [6, 6.07) is 3.34. The number of piperidine rings is 1. The molecule has 0 aromatic carbocycles. The zero-order valence-electron chi connectivity index (χ0n) is 23.7. The number of nitrogens with zero attached hydrogens (tertiary/aromatic N) is 3. The lowest BCUT2D eigenvalue weighted by atomic mass is 9.65. The van der Waals surface area contributed by atoms with Crippen LogP contribution in [0.25, 0.3) is 0 Å². The Bertz CT molecular complexity index is 1040. The molecule has 1 aromatic heterocycles. The highest BCUT2D eigenvalue weighted by Gasteiger charge is 2.43. The van der Waals surface area contributed by atoms with Crippen LogP contribution in [0, 0.1) is 17.3 Å². The van der Waals surface area contributed by atoms with Crippen molar-refractivity contribution in [1.29, 1.82) is 0 Å². The van der Waals surface area contributed by atoms with Gasteiger partial charge in [-0.1, -0.05) is 6.07 Å². The lowest BCUT2D eigenvalue weighted by Gasteiger charge is -2.45. The number of nitrogens with one attached hydrogen (secondary N) is 2. The molecule has 0 bridgehead atoms. The molecule has 1 aromatic rings. The monoisotopic (exact) mass is 541 g/mol. The molecule has 39 heavy (non-hydrogen) atoms. The van der Waals surface area contributed by atoms with Crippen LogP contribution >= 0.6 is 0 Å². The molecule has 1 saturated carbocycles. The average molecular weight is 542 g/mol. The summed E-state index contributed by atoms with van der Waals surface area (Å²) in [5.41, 5.74) is 0.555. The summed E-state index contributed by atoms with van der Waals surface area (Å²) in [7, 11) is 1.71. The predicted octanol–water partition coefficient (Wildman–Crippen LogP) is 3.04. The predicted molar refractivity (Wildman–Crippen MR) is 145 cm³/mol. The van der Waals surface area contributed by atoms with E-state index in [9.17, 15) is 19.2 Å². The van der Waals surface area contributed by atoms with Crippen LogP contribution in [0.4, 0.5) is 4.79 Å². The molecule has 2 aliphatic heterocycles. The first-order chi connectivity index (χ1) is 18.5. The number of carbonyl (C=O) groups excluding carboxylic acids is 4. The number of aromatic nitrogens is 1. The minimum absolute atomic E-state index is 0.0220. The van der Waals surface area contributed by atoms with Crippen LogP contribution in [0.15, 0.2) is 24.5 Å². The van der Waals surface area contributed by atoms with Crippen molar-refractivity contribution in [2.24, 2.45) is 17.3 Å². The number of hydrogen-bond acceptors (Lipinski definition) is 6. The van der Waals surface area contributed by atoms with E-state index in [0.29, 0.717) is 26.2 Å². The molecule has 2 N–H and O–H groups in total. The Morgan fingerprint density at radius 1 is 1.05 bits per heavy atom. The molecule has 2 saturated heterocycles. The van der Waals surface area contributed by atoms with E-state index in [0.717, 1.165) is 44.1 Å². The second-order valence-electron chi connectivity index (χ2n) is 12.4. The third-order valence-electron chi connectivity index (χ3n) is 8.57. The molecule has 2 atom stereocenters. The fraction of sp³-hybridized carbons (Fsp3) is 0.690. The number of pyridine rings is 1. The molecule has 1 aliphatic carbocycles. The lowest BCUT2D eigenvalue weighted by molar-refractivity contribution is -0.128. The zero-order valence-corrected chi connectivity index (χ0v) is 23.7. The first-order valence-electron chi connectivity index (χ1n) is 14.2. The molecule has 3 aliphatic rings. The molecule has 0 unspecified atom stereocenters. The number of likely N-dealkylation sites (tertiary alicyclic amines) is 2. The lowest BCUT2D eigenvalue weighted by Crippen LogP contribution is -2.47. The van der Waals surface area contributed by atoms with Gasteiger partial charge in [0.2, 0.25) is 17.7 Å². The molecule has 0 radical (unpaired) electrons. The van der Waals surface area contributed by atoms with Gasteiger partial charge in [0.05, 0.1) is 12.0 Å². The maximum Gasteiger partial charge on any atom is 0.410 e. The van der Waals surface area contributed by atoms with Crippen molar-refractivity contribution in [2.45, 2.75) is 77.4 Å². The zero-order chi connectivity index (χ0) is 28.2. The van der Waals surface area contributed by atoms with Gasteiger partial charge in [-0.15, -0.1) is 0 Å². The first-order valence-corrected chi connectivity index (χ1v) is 14.2. The normalized spacial score (nSPS) is 23.5. The van der Waals surface area contributed by atoms with Crippen molar-refractivity contribution >= 4 is 23.8 Å². The van der Waals surface area contributed by atoms with Crippen LogP contribution in [-0.4, -0.2) is 77.4 Å². The van der Waals surface area contributed by atoms with Crippen molar-refractivity contribution in [2.75, 3.05) is 33.2 Å². The molecule has 10 heteroatoms. The van der Waals surface area contributed by atoms with E-state index in [2.05, 4.69) is 15.6 Å². The van der Waals surface area contributed by atoms with Crippen molar-refractivity contribution in [3.05, 3.63) is 30.1 Å². The summed E-state index contributed by atoms with van der Waals surface area (Å²) in [5.74, 6) is -0.727. The minimum Gasteiger partial charge on any atom is -0.444 e. The highest BCUT2D eigenvalue weighted by atomic mass is 16.6. The van der Waals surface area contributed by atoms with Crippen LogP contribution in [0.5, 0.6) is 0 Å². The largest absolute Gasteiger partial charge is 0.444 e. The van der Waals surface area contributed by atoms with Crippen molar-refractivity contribution in [1.82, 2.24) is 25.4 Å². The van der Waals surface area contributed by atoms with Crippen LogP contribution in [0.3, 0.4) is 0 Å². The molecule has 3 fully saturated rings. The standard InChI is InChI=1S/C29H43N5O5/c1-28(2,3)39-27(38)34-16-11-29(12-17-34)9-7-20(8-10-29)25(36)31-14-15-32-26(37)22-18-23(35)33(4)24(22)21-6-5-13-30-19-21/h5-6,13,19-20,22,24H,7-12,14-18H2,1-4H3,(H,31,36)(H,32,37)/t22-,24+/m0/s1. The summed E-state index contributed by atoms with van der Waals surface area (Å²) in [4.78, 5) is 58.0. The third-order valence-corrected chi connectivity index (χ3v) is 8.57. The Balaban J connectivity index is 1.17. The van der Waals surface area contributed by atoms with Gasteiger partial charge in [-0.2, -0.15) is 0 Å². The molecule has 10 nitrogen and oxygen atoms in total. The van der Waals surface area contributed by atoms with Crippen LogP contribution in [0.2, 0.25) is 0 Å². The van der Waals surface area contributed by atoms with Crippen LogP contribution in [0.1, 0.15) is 77.3 Å². The molecule has 4 rings (SSSR count). The smallest absolute Gasteiger partial charge is 0.410 e. The van der Waals surface area contributed by atoms with E-state index in [-0.39, 0.29) is 47.6 Å². The number of ether oxygens (including phenoxy) is 1. The van der Waals surface area contributed by atoms with E-state index in [4.69, 9.17) is 4.74 Å². The maximum atomic E-state index is 12.9. The Labute approximate surface area is 231 Å². The quantitative estimate of drug-likeness (QED) is 0.534. The highest BCUT2D eigenvalue weighted by molar-refractivity contribution is 5.90. The van der Waals surface area contributed by atoms with E-state index in [1.807, 2.05) is 31.7 Å². The van der Waals surface area contributed by atoms with Crippen molar-refractivity contribution < 1.29 is 23.9 Å². The Kier molecular flexibility index (Phi) is 8.81. The van der Waals surface area contributed by atoms with Gasteiger partial charge in [0.25, 0.3) is 0 Å². The highest BCUT2D eigenvalue weighted by Crippen LogP contribution is 2.46. The van der Waals surface area contributed by atoms with Crippen LogP contribution < -0.4 is 10.6 Å². The number of amides is 4. The molecule has 214 valence electrons. The molecule has 1 spiro atoms. The van der Waals surface area contributed by atoms with Gasteiger partial charge >= 0.3 is 6.09 Å². The SMILES string of the molecule is CN1C(=O)C[C@H](C(=O)NCCNC(=O)C2CCC3(CC2)CCN(C(=O)OC(C)(C)C)CC3)[C@H]1c1cccnc1. The second kappa shape index (κ2) is 11.9. The molecular weight excluding hydrogens is 498 g/mol. The third kappa shape index (κ3) is 7.08. The Morgan fingerprint density at radius 2 is 1.69 bits per heavy atom. The fourth-order valence-corrected chi connectivity index (χ4v) is 6.24. The summed E-state index contributed by atoms with van der Waals surface area (Å²) < 4.78 is 5.51. The van der Waals surface area contributed by atoms with Crippen molar-refractivity contribution in [3.63, 3.8) is 0 Å². The topological polar surface area (TPSA) is 121 Å². The molecule has 4 amide bonds. The first kappa shape index (κ1) is 28.8. The average Bonchev–Trinajstić information content (AvgIpc) is 3.20. The number of hydrogen-bond donors (Lipinski definition) is 2.